The Morgan fingerprint density at radius 3 is 2.65 bits per heavy atom. The van der Waals surface area contributed by atoms with Crippen molar-refractivity contribution in [2.45, 2.75) is 25.2 Å². The summed E-state index contributed by atoms with van der Waals surface area (Å²) in [4.78, 5) is 14.1. The fourth-order valence-electron chi connectivity index (χ4n) is 2.60. The van der Waals surface area contributed by atoms with Crippen molar-refractivity contribution in [2.75, 3.05) is 13.6 Å². The third-order valence-corrected chi connectivity index (χ3v) is 3.94. The van der Waals surface area contributed by atoms with E-state index in [1.165, 1.54) is 18.4 Å². The molecule has 0 bridgehead atoms. The Morgan fingerprint density at radius 1 is 1.29 bits per heavy atom. The van der Waals surface area contributed by atoms with Crippen molar-refractivity contribution in [2.24, 2.45) is 11.8 Å². The minimum Gasteiger partial charge on any atom is -0.345 e. The van der Waals surface area contributed by atoms with E-state index in [0.29, 0.717) is 11.8 Å². The van der Waals surface area contributed by atoms with E-state index in [9.17, 15) is 4.79 Å². The van der Waals surface area contributed by atoms with Crippen LogP contribution >= 0.6 is 0 Å². The van der Waals surface area contributed by atoms with Gasteiger partial charge in [0.25, 0.3) is 0 Å². The Hall–Kier alpha value is -1.31. The van der Waals surface area contributed by atoms with E-state index in [4.69, 9.17) is 0 Å². The van der Waals surface area contributed by atoms with Crippen molar-refractivity contribution in [3.63, 3.8) is 0 Å². The number of hydrogen-bond acceptors (Lipinski definition) is 1. The van der Waals surface area contributed by atoms with Crippen molar-refractivity contribution in [1.82, 2.24) is 4.90 Å². The molecule has 2 heteroatoms. The van der Waals surface area contributed by atoms with E-state index < -0.39 is 0 Å². The molecule has 0 radical (unpaired) electrons. The lowest BCUT2D eigenvalue weighted by Gasteiger charge is -2.16. The molecule has 2 fully saturated rings. The van der Waals surface area contributed by atoms with E-state index in [0.717, 1.165) is 18.9 Å². The van der Waals surface area contributed by atoms with Gasteiger partial charge in [-0.05, 0) is 36.7 Å². The number of carbonyl (C=O) groups excluding carboxylic acids is 1. The third kappa shape index (κ3) is 2.36. The lowest BCUT2D eigenvalue weighted by molar-refractivity contribution is -0.131. The van der Waals surface area contributed by atoms with Crippen LogP contribution in [0.1, 0.15) is 30.7 Å². The van der Waals surface area contributed by atoms with Gasteiger partial charge in [0.15, 0.2) is 0 Å². The zero-order valence-corrected chi connectivity index (χ0v) is 10.3. The number of amides is 1. The molecule has 1 aromatic rings. The van der Waals surface area contributed by atoms with Gasteiger partial charge < -0.3 is 4.90 Å². The van der Waals surface area contributed by atoms with E-state index in [1.54, 1.807) is 0 Å². The fourth-order valence-corrected chi connectivity index (χ4v) is 2.60. The Morgan fingerprint density at radius 2 is 2.00 bits per heavy atom. The monoisotopic (exact) mass is 229 g/mol. The molecule has 0 aromatic heterocycles. The van der Waals surface area contributed by atoms with Crippen LogP contribution in [0.3, 0.4) is 0 Å². The predicted molar refractivity (Wildman–Crippen MR) is 67.7 cm³/mol. The second-order valence-corrected chi connectivity index (χ2v) is 5.52. The summed E-state index contributed by atoms with van der Waals surface area (Å²) in [7, 11) is 1.96. The van der Waals surface area contributed by atoms with Crippen molar-refractivity contribution >= 4 is 5.91 Å². The molecule has 0 spiro atoms. The summed E-state index contributed by atoms with van der Waals surface area (Å²) >= 11 is 0. The average Bonchev–Trinajstić information content (AvgIpc) is 3.23. The van der Waals surface area contributed by atoms with Crippen LogP contribution < -0.4 is 0 Å². The molecule has 2 nitrogen and oxygen atoms in total. The Balaban J connectivity index is 1.58. The van der Waals surface area contributed by atoms with Gasteiger partial charge >= 0.3 is 0 Å². The topological polar surface area (TPSA) is 20.3 Å². The Bertz CT molecular complexity index is 410. The zero-order valence-electron chi connectivity index (χ0n) is 10.3. The van der Waals surface area contributed by atoms with Gasteiger partial charge in [0.1, 0.15) is 0 Å². The standard InChI is InChI=1S/C15H19NO/c1-16(10-11-7-8-11)15(17)14-9-13(14)12-5-3-2-4-6-12/h2-6,11,13-14H,7-10H2,1H3. The van der Waals surface area contributed by atoms with Crippen LogP contribution in [0, 0.1) is 11.8 Å². The van der Waals surface area contributed by atoms with Crippen molar-refractivity contribution in [3.05, 3.63) is 35.9 Å². The van der Waals surface area contributed by atoms with Crippen LogP contribution in [0.4, 0.5) is 0 Å². The van der Waals surface area contributed by atoms with Gasteiger partial charge in [0, 0.05) is 19.5 Å². The first-order valence-corrected chi connectivity index (χ1v) is 6.55. The molecule has 0 heterocycles. The molecule has 1 aromatic carbocycles. The predicted octanol–water partition coefficient (Wildman–Crippen LogP) is 2.66. The quantitative estimate of drug-likeness (QED) is 0.777. The van der Waals surface area contributed by atoms with Gasteiger partial charge in [-0.1, -0.05) is 30.3 Å². The highest BCUT2D eigenvalue weighted by Crippen LogP contribution is 2.48. The maximum atomic E-state index is 12.2. The average molecular weight is 229 g/mol. The molecule has 2 aliphatic carbocycles. The maximum Gasteiger partial charge on any atom is 0.226 e. The lowest BCUT2D eigenvalue weighted by Crippen LogP contribution is -2.30. The van der Waals surface area contributed by atoms with Crippen LogP contribution in [0.2, 0.25) is 0 Å². The molecule has 2 aliphatic rings. The molecule has 2 atom stereocenters. The second-order valence-electron chi connectivity index (χ2n) is 5.52. The van der Waals surface area contributed by atoms with Crippen LogP contribution in [-0.2, 0) is 4.79 Å². The molecule has 0 N–H and O–H groups in total. The molecule has 2 saturated carbocycles. The van der Waals surface area contributed by atoms with Gasteiger partial charge in [0.05, 0.1) is 0 Å². The highest BCUT2D eigenvalue weighted by Gasteiger charge is 2.45. The minimum absolute atomic E-state index is 0.251. The number of benzene rings is 1. The summed E-state index contributed by atoms with van der Waals surface area (Å²) in [5.41, 5.74) is 1.32. The van der Waals surface area contributed by atoms with E-state index in [-0.39, 0.29) is 5.92 Å². The first-order chi connectivity index (χ1) is 8.25. The first kappa shape index (κ1) is 10.8. The molecule has 0 aliphatic heterocycles. The van der Waals surface area contributed by atoms with Gasteiger partial charge in [-0.2, -0.15) is 0 Å². The lowest BCUT2D eigenvalue weighted by atomic mass is 10.1. The largest absolute Gasteiger partial charge is 0.345 e. The van der Waals surface area contributed by atoms with E-state index in [2.05, 4.69) is 24.3 Å². The highest BCUT2D eigenvalue weighted by atomic mass is 16.2. The molecule has 90 valence electrons. The Kier molecular flexibility index (Phi) is 2.65. The molecular weight excluding hydrogens is 210 g/mol. The minimum atomic E-state index is 0.251. The summed E-state index contributed by atoms with van der Waals surface area (Å²) < 4.78 is 0. The molecule has 3 rings (SSSR count). The second kappa shape index (κ2) is 4.17. The van der Waals surface area contributed by atoms with Crippen LogP contribution in [-0.4, -0.2) is 24.4 Å². The zero-order chi connectivity index (χ0) is 11.8. The highest BCUT2D eigenvalue weighted by molar-refractivity contribution is 5.82. The number of rotatable bonds is 4. The summed E-state index contributed by atoms with van der Waals surface area (Å²) in [6, 6.07) is 10.4. The molecular formula is C15H19NO. The van der Waals surface area contributed by atoms with Crippen LogP contribution in [0.15, 0.2) is 30.3 Å². The van der Waals surface area contributed by atoms with E-state index >= 15 is 0 Å². The summed E-state index contributed by atoms with van der Waals surface area (Å²) in [6.45, 7) is 0.969. The number of nitrogens with zero attached hydrogens (tertiary/aromatic N) is 1. The fraction of sp³-hybridized carbons (Fsp3) is 0.533. The van der Waals surface area contributed by atoms with Gasteiger partial charge in [-0.25, -0.2) is 0 Å². The smallest absolute Gasteiger partial charge is 0.226 e. The van der Waals surface area contributed by atoms with Crippen molar-refractivity contribution < 1.29 is 4.79 Å². The van der Waals surface area contributed by atoms with Crippen molar-refractivity contribution in [1.29, 1.82) is 0 Å². The maximum absolute atomic E-state index is 12.2. The summed E-state index contributed by atoms with van der Waals surface area (Å²) in [6.07, 6.45) is 3.66. The SMILES string of the molecule is CN(CC1CC1)C(=O)C1CC1c1ccccc1. The van der Waals surface area contributed by atoms with Gasteiger partial charge in [-0.3, -0.25) is 4.79 Å². The summed E-state index contributed by atoms with van der Waals surface area (Å²) in [5.74, 6) is 1.87. The number of hydrogen-bond donors (Lipinski definition) is 0. The van der Waals surface area contributed by atoms with Gasteiger partial charge in [0.2, 0.25) is 5.91 Å². The number of carbonyl (C=O) groups is 1. The third-order valence-electron chi connectivity index (χ3n) is 3.94. The normalized spacial score (nSPS) is 26.6. The van der Waals surface area contributed by atoms with Crippen LogP contribution in [0.25, 0.3) is 0 Å². The van der Waals surface area contributed by atoms with Gasteiger partial charge in [-0.15, -0.1) is 0 Å². The first-order valence-electron chi connectivity index (χ1n) is 6.55. The summed E-state index contributed by atoms with van der Waals surface area (Å²) in [5, 5.41) is 0. The van der Waals surface area contributed by atoms with Crippen LogP contribution in [0.5, 0.6) is 0 Å². The molecule has 0 saturated heterocycles. The molecule has 17 heavy (non-hydrogen) atoms. The van der Waals surface area contributed by atoms with E-state index in [1.807, 2.05) is 18.0 Å². The molecule has 1 amide bonds. The molecule has 2 unspecified atom stereocenters. The Labute approximate surface area is 103 Å². The van der Waals surface area contributed by atoms with Crippen molar-refractivity contribution in [3.8, 4) is 0 Å².